The van der Waals surface area contributed by atoms with Gasteiger partial charge in [0.15, 0.2) is 5.17 Å². The maximum Gasteiger partial charge on any atom is 0.259 e. The number of fused-ring (bicyclic) bond motifs is 3. The Balaban J connectivity index is 1.23. The summed E-state index contributed by atoms with van der Waals surface area (Å²) in [6, 6.07) is 17.3. The van der Waals surface area contributed by atoms with E-state index in [0.29, 0.717) is 38.7 Å². The number of aliphatic imine (C=N–C) groups is 2. The highest BCUT2D eigenvalue weighted by molar-refractivity contribution is 8.14. The molecule has 0 aromatic heterocycles. The van der Waals surface area contributed by atoms with Crippen LogP contribution in [0, 0.1) is 5.82 Å². The highest BCUT2D eigenvalue weighted by Crippen LogP contribution is 2.34. The molecule has 2 heterocycles. The topological polar surface area (TPSA) is 112 Å². The molecule has 0 fully saturated rings. The second kappa shape index (κ2) is 12.5. The van der Waals surface area contributed by atoms with Crippen LogP contribution in [0.1, 0.15) is 24.0 Å². The molecule has 2 aliphatic rings. The predicted octanol–water partition coefficient (Wildman–Crippen LogP) is 4.91. The Kier molecular flexibility index (Phi) is 8.65. The Morgan fingerprint density at radius 2 is 1.88 bits per heavy atom. The van der Waals surface area contributed by atoms with Crippen molar-refractivity contribution < 1.29 is 23.5 Å². The minimum atomic E-state index is -0.770. The van der Waals surface area contributed by atoms with Crippen LogP contribution in [0.25, 0.3) is 0 Å². The predicted molar refractivity (Wildman–Crippen MR) is 157 cm³/mol. The van der Waals surface area contributed by atoms with E-state index in [1.165, 1.54) is 24.1 Å². The van der Waals surface area contributed by atoms with Gasteiger partial charge in [0.25, 0.3) is 5.91 Å². The van der Waals surface area contributed by atoms with Gasteiger partial charge in [-0.15, -0.1) is 0 Å². The van der Waals surface area contributed by atoms with E-state index >= 15 is 0 Å². The fourth-order valence-corrected chi connectivity index (χ4v) is 5.38. The second-order valence-corrected chi connectivity index (χ2v) is 10.5. The molecule has 3 aromatic carbocycles. The summed E-state index contributed by atoms with van der Waals surface area (Å²) in [7, 11) is 1.51. The zero-order valence-electron chi connectivity index (χ0n) is 21.9. The lowest BCUT2D eigenvalue weighted by Gasteiger charge is -2.25. The molecule has 5 rings (SSSR count). The third kappa shape index (κ3) is 6.58. The summed E-state index contributed by atoms with van der Waals surface area (Å²) >= 11 is 7.26. The number of halogens is 2. The van der Waals surface area contributed by atoms with Crippen LogP contribution in [0.4, 0.5) is 15.8 Å². The molecule has 210 valence electrons. The molecule has 0 bridgehead atoms. The molecule has 1 unspecified atom stereocenters. The number of amides is 3. The molecule has 9 nitrogen and oxygen atoms in total. The molecule has 0 radical (unpaired) electrons. The van der Waals surface area contributed by atoms with Gasteiger partial charge in [0.2, 0.25) is 11.8 Å². The largest absolute Gasteiger partial charge is 0.495 e. The van der Waals surface area contributed by atoms with Gasteiger partial charge < -0.3 is 15.4 Å². The van der Waals surface area contributed by atoms with Crippen molar-refractivity contribution in [2.75, 3.05) is 18.2 Å². The molecule has 2 N–H and O–H groups in total. The molecule has 2 aliphatic heterocycles. The van der Waals surface area contributed by atoms with E-state index in [1.54, 1.807) is 30.3 Å². The number of benzene rings is 3. The molecule has 1 atom stereocenters. The number of hydrogen-bond acceptors (Lipinski definition) is 7. The highest BCUT2D eigenvalue weighted by Gasteiger charge is 2.41. The van der Waals surface area contributed by atoms with Crippen molar-refractivity contribution in [2.45, 2.75) is 25.4 Å². The second-order valence-electron chi connectivity index (χ2n) is 9.18. The van der Waals surface area contributed by atoms with Crippen molar-refractivity contribution in [3.05, 3.63) is 88.7 Å². The van der Waals surface area contributed by atoms with Crippen LogP contribution >= 0.6 is 23.4 Å². The van der Waals surface area contributed by atoms with Crippen molar-refractivity contribution in [1.82, 2.24) is 10.2 Å². The van der Waals surface area contributed by atoms with Crippen LogP contribution in [-0.4, -0.2) is 52.5 Å². The number of amidine groups is 2. The summed E-state index contributed by atoms with van der Waals surface area (Å²) in [6.45, 7) is 0.254. The maximum absolute atomic E-state index is 13.4. The highest BCUT2D eigenvalue weighted by atomic mass is 35.5. The molecular weight excluding hydrogens is 569 g/mol. The summed E-state index contributed by atoms with van der Waals surface area (Å²) in [5.74, 6) is -0.285. The van der Waals surface area contributed by atoms with Crippen molar-refractivity contribution in [2.24, 2.45) is 9.98 Å². The van der Waals surface area contributed by atoms with Crippen molar-refractivity contribution in [3.63, 3.8) is 0 Å². The van der Waals surface area contributed by atoms with E-state index in [2.05, 4.69) is 20.6 Å². The number of ether oxygens (including phenoxy) is 1. The van der Waals surface area contributed by atoms with Gasteiger partial charge >= 0.3 is 0 Å². The van der Waals surface area contributed by atoms with Crippen molar-refractivity contribution in [3.8, 4) is 5.75 Å². The molecule has 0 saturated carbocycles. The summed E-state index contributed by atoms with van der Waals surface area (Å²) in [5, 5.41) is 6.26. The first-order chi connectivity index (χ1) is 19.8. The van der Waals surface area contributed by atoms with Gasteiger partial charge in [-0.2, -0.15) is 0 Å². The standard InChI is InChI=1S/C29H25ClFN5O4S/c1-40-24-12-10-19(14-21(24)30)33-26(38)16-41-29-35-22-5-3-2-4-20(22)27-34-23(28(39)36(27)29)11-13-25(37)32-15-17-6-8-18(31)9-7-17/h2-10,12,14,23H,11,13,15-16H2,1H3,(H,32,37)(H,33,38). The lowest BCUT2D eigenvalue weighted by molar-refractivity contribution is -0.125. The van der Waals surface area contributed by atoms with Crippen LogP contribution in [0.15, 0.2) is 76.7 Å². The van der Waals surface area contributed by atoms with E-state index in [0.717, 1.165) is 17.3 Å². The Hall–Kier alpha value is -4.22. The number of carbonyl (C=O) groups excluding carboxylic acids is 3. The van der Waals surface area contributed by atoms with E-state index in [-0.39, 0.29) is 48.7 Å². The number of nitrogens with zero attached hydrogens (tertiary/aromatic N) is 3. The zero-order valence-corrected chi connectivity index (χ0v) is 23.5. The Labute approximate surface area is 244 Å². The first-order valence-corrected chi connectivity index (χ1v) is 14.1. The number of hydrogen-bond donors (Lipinski definition) is 2. The van der Waals surface area contributed by atoms with Crippen LogP contribution < -0.4 is 15.4 Å². The first kappa shape index (κ1) is 28.3. The fourth-order valence-electron chi connectivity index (χ4n) is 4.32. The molecule has 0 aliphatic carbocycles. The quantitative estimate of drug-likeness (QED) is 0.366. The van der Waals surface area contributed by atoms with Crippen LogP contribution in [0.2, 0.25) is 5.02 Å². The summed E-state index contributed by atoms with van der Waals surface area (Å²) in [4.78, 5) is 49.3. The van der Waals surface area contributed by atoms with Gasteiger partial charge in [0, 0.05) is 24.2 Å². The van der Waals surface area contributed by atoms with E-state index in [1.807, 2.05) is 24.3 Å². The third-order valence-electron chi connectivity index (χ3n) is 6.36. The van der Waals surface area contributed by atoms with Gasteiger partial charge in [-0.05, 0) is 54.4 Å². The Morgan fingerprint density at radius 1 is 1.10 bits per heavy atom. The minimum Gasteiger partial charge on any atom is -0.495 e. The summed E-state index contributed by atoms with van der Waals surface area (Å²) in [5.41, 5.74) is 2.61. The lowest BCUT2D eigenvalue weighted by Crippen LogP contribution is -2.41. The maximum atomic E-state index is 13.4. The average Bonchev–Trinajstić information content (AvgIpc) is 3.31. The molecule has 41 heavy (non-hydrogen) atoms. The smallest absolute Gasteiger partial charge is 0.259 e. The minimum absolute atomic E-state index is 0.0157. The third-order valence-corrected chi connectivity index (χ3v) is 7.60. The van der Waals surface area contributed by atoms with E-state index < -0.39 is 6.04 Å². The monoisotopic (exact) mass is 593 g/mol. The molecule has 3 aromatic rings. The van der Waals surface area contributed by atoms with E-state index in [4.69, 9.17) is 16.3 Å². The Morgan fingerprint density at radius 3 is 2.63 bits per heavy atom. The number of thioether (sulfide) groups is 1. The molecule has 12 heteroatoms. The van der Waals surface area contributed by atoms with Crippen LogP contribution in [0.3, 0.4) is 0 Å². The SMILES string of the molecule is COc1ccc(NC(=O)CSC2=Nc3ccccc3C3=NC(CCC(=O)NCc4ccc(F)cc4)C(=O)N23)cc1Cl. The number of para-hydroxylation sites is 1. The number of methoxy groups -OCH3 is 1. The molecule has 3 amide bonds. The molecular formula is C29H25ClFN5O4S. The number of carbonyl (C=O) groups is 3. The summed E-state index contributed by atoms with van der Waals surface area (Å²) in [6.07, 6.45) is 0.281. The number of nitrogens with one attached hydrogen (secondary N) is 2. The van der Waals surface area contributed by atoms with Crippen LogP contribution in [0.5, 0.6) is 5.75 Å². The lowest BCUT2D eigenvalue weighted by atomic mass is 10.1. The van der Waals surface area contributed by atoms with Crippen molar-refractivity contribution >= 4 is 63.5 Å². The van der Waals surface area contributed by atoms with Gasteiger partial charge in [-0.25, -0.2) is 14.3 Å². The zero-order chi connectivity index (χ0) is 28.9. The van der Waals surface area contributed by atoms with Gasteiger partial charge in [-0.1, -0.05) is 47.6 Å². The normalized spacial score (nSPS) is 15.4. The van der Waals surface area contributed by atoms with E-state index in [9.17, 15) is 18.8 Å². The summed E-state index contributed by atoms with van der Waals surface area (Å²) < 4.78 is 18.2. The Bertz CT molecular complexity index is 1560. The van der Waals surface area contributed by atoms with Gasteiger partial charge in [-0.3, -0.25) is 19.4 Å². The first-order valence-electron chi connectivity index (χ1n) is 12.7. The van der Waals surface area contributed by atoms with Crippen LogP contribution in [-0.2, 0) is 20.9 Å². The van der Waals surface area contributed by atoms with Crippen molar-refractivity contribution in [1.29, 1.82) is 0 Å². The molecule has 0 saturated heterocycles. The number of rotatable bonds is 9. The fraction of sp³-hybridized carbons (Fsp3) is 0.207. The number of anilines is 1. The van der Waals surface area contributed by atoms with Gasteiger partial charge in [0.1, 0.15) is 23.4 Å². The molecule has 0 spiro atoms. The average molecular weight is 594 g/mol. The van der Waals surface area contributed by atoms with Gasteiger partial charge in [0.05, 0.1) is 23.6 Å².